The molecule has 3 aromatic rings. The van der Waals surface area contributed by atoms with Crippen molar-refractivity contribution in [1.82, 2.24) is 19.9 Å². The average molecular weight is 478 g/mol. The maximum absolute atomic E-state index is 13.1. The molecular weight excluding hydrogens is 450 g/mol. The lowest BCUT2D eigenvalue weighted by atomic mass is 10.1. The van der Waals surface area contributed by atoms with E-state index in [1.54, 1.807) is 23.2 Å². The van der Waals surface area contributed by atoms with Crippen LogP contribution < -0.4 is 20.1 Å². The number of nitriles is 1. The molecule has 0 saturated carbocycles. The number of ether oxygens (including phenoxy) is 3. The molecule has 4 heterocycles. The minimum Gasteiger partial charge on any atom is -0.485 e. The Hall–Kier alpha value is -4.04. The number of hydrogen-bond donors (Lipinski definition) is 3. The molecule has 0 radical (unpaired) electrons. The molecule has 1 saturated heterocycles. The van der Waals surface area contributed by atoms with Gasteiger partial charge in [0, 0.05) is 25.8 Å². The Kier molecular flexibility index (Phi) is 6.29. The SMILES string of the molecule is CC(C)CNc1nc(Nc2ccc(C(=O)N3CCOCC3)c3c2OCCO3)nc2[nH]cc(C#N)c12. The lowest BCUT2D eigenvalue weighted by Crippen LogP contribution is -2.41. The summed E-state index contributed by atoms with van der Waals surface area (Å²) in [5, 5.41) is 16.7. The van der Waals surface area contributed by atoms with E-state index < -0.39 is 0 Å². The zero-order valence-corrected chi connectivity index (χ0v) is 19.7. The van der Waals surface area contributed by atoms with Gasteiger partial charge >= 0.3 is 0 Å². The summed E-state index contributed by atoms with van der Waals surface area (Å²) < 4.78 is 17.2. The van der Waals surface area contributed by atoms with E-state index in [0.717, 1.165) is 0 Å². The summed E-state index contributed by atoms with van der Waals surface area (Å²) in [4.78, 5) is 27.1. The first-order valence-corrected chi connectivity index (χ1v) is 11.6. The molecular formula is C24H27N7O4. The van der Waals surface area contributed by atoms with Crippen LogP contribution in [0.2, 0.25) is 0 Å². The fraction of sp³-hybridized carbons (Fsp3) is 0.417. The molecule has 0 unspecified atom stereocenters. The number of carbonyl (C=O) groups excluding carboxylic acids is 1. The van der Waals surface area contributed by atoms with Gasteiger partial charge in [-0.05, 0) is 18.1 Å². The second-order valence-electron chi connectivity index (χ2n) is 8.75. The summed E-state index contributed by atoms with van der Waals surface area (Å²) in [5.41, 5.74) is 2.04. The van der Waals surface area contributed by atoms with Crippen molar-refractivity contribution in [1.29, 1.82) is 5.26 Å². The molecule has 182 valence electrons. The molecule has 1 aromatic carbocycles. The first-order valence-electron chi connectivity index (χ1n) is 11.6. The Balaban J connectivity index is 1.49. The molecule has 1 fully saturated rings. The van der Waals surface area contributed by atoms with Gasteiger partial charge in [0.15, 0.2) is 11.5 Å². The zero-order chi connectivity index (χ0) is 24.4. The molecule has 3 N–H and O–H groups in total. The Morgan fingerprint density at radius 3 is 2.69 bits per heavy atom. The molecule has 11 heteroatoms. The van der Waals surface area contributed by atoms with Crippen LogP contribution in [0.25, 0.3) is 11.0 Å². The molecule has 0 atom stereocenters. The number of rotatable bonds is 6. The number of hydrogen-bond acceptors (Lipinski definition) is 9. The summed E-state index contributed by atoms with van der Waals surface area (Å²) >= 11 is 0. The van der Waals surface area contributed by atoms with Crippen LogP contribution in [0.1, 0.15) is 29.8 Å². The van der Waals surface area contributed by atoms with Gasteiger partial charge in [0.2, 0.25) is 5.95 Å². The van der Waals surface area contributed by atoms with Gasteiger partial charge in [-0.1, -0.05) is 13.8 Å². The first kappa shape index (κ1) is 22.7. The van der Waals surface area contributed by atoms with E-state index in [0.29, 0.717) is 103 Å². The van der Waals surface area contributed by atoms with Gasteiger partial charge in [-0.3, -0.25) is 4.79 Å². The molecule has 2 aliphatic heterocycles. The summed E-state index contributed by atoms with van der Waals surface area (Å²) in [6.07, 6.45) is 1.62. The second-order valence-corrected chi connectivity index (χ2v) is 8.75. The van der Waals surface area contributed by atoms with Crippen LogP contribution in [0.5, 0.6) is 11.5 Å². The van der Waals surface area contributed by atoms with Gasteiger partial charge in [0.1, 0.15) is 30.7 Å². The van der Waals surface area contributed by atoms with Crippen molar-refractivity contribution >= 4 is 34.4 Å². The lowest BCUT2D eigenvalue weighted by molar-refractivity contribution is 0.0298. The highest BCUT2D eigenvalue weighted by Gasteiger charge is 2.28. The van der Waals surface area contributed by atoms with E-state index in [9.17, 15) is 10.1 Å². The number of nitrogens with one attached hydrogen (secondary N) is 3. The van der Waals surface area contributed by atoms with E-state index in [1.165, 1.54) is 0 Å². The van der Waals surface area contributed by atoms with Crippen LogP contribution in [0.3, 0.4) is 0 Å². The Bertz CT molecular complexity index is 1290. The minimum absolute atomic E-state index is 0.116. The topological polar surface area (TPSA) is 137 Å². The van der Waals surface area contributed by atoms with Crippen LogP contribution in [-0.4, -0.2) is 71.8 Å². The third-order valence-corrected chi connectivity index (χ3v) is 5.79. The Labute approximate surface area is 202 Å². The highest BCUT2D eigenvalue weighted by atomic mass is 16.6. The van der Waals surface area contributed by atoms with E-state index in [2.05, 4.69) is 45.5 Å². The van der Waals surface area contributed by atoms with Gasteiger partial charge in [0.25, 0.3) is 5.91 Å². The number of benzene rings is 1. The van der Waals surface area contributed by atoms with E-state index >= 15 is 0 Å². The summed E-state index contributed by atoms with van der Waals surface area (Å²) in [5.74, 6) is 2.00. The molecule has 2 aliphatic rings. The quantitative estimate of drug-likeness (QED) is 0.489. The van der Waals surface area contributed by atoms with Crippen molar-refractivity contribution in [3.05, 3.63) is 29.5 Å². The smallest absolute Gasteiger partial charge is 0.257 e. The number of amides is 1. The summed E-state index contributed by atoms with van der Waals surface area (Å²) in [6.45, 7) is 7.70. The average Bonchev–Trinajstić information content (AvgIpc) is 3.31. The number of anilines is 3. The van der Waals surface area contributed by atoms with Gasteiger partial charge < -0.3 is 34.7 Å². The highest BCUT2D eigenvalue weighted by molar-refractivity contribution is 5.99. The van der Waals surface area contributed by atoms with E-state index in [4.69, 9.17) is 14.2 Å². The van der Waals surface area contributed by atoms with Gasteiger partial charge in [-0.15, -0.1) is 0 Å². The van der Waals surface area contributed by atoms with Gasteiger partial charge in [-0.25, -0.2) is 0 Å². The maximum Gasteiger partial charge on any atom is 0.257 e. The number of aromatic amines is 1. The summed E-state index contributed by atoms with van der Waals surface area (Å²) in [6, 6.07) is 5.68. The fourth-order valence-corrected chi connectivity index (χ4v) is 4.07. The number of nitrogens with zero attached hydrogens (tertiary/aromatic N) is 4. The van der Waals surface area contributed by atoms with Crippen LogP contribution in [-0.2, 0) is 4.74 Å². The minimum atomic E-state index is -0.116. The van der Waals surface area contributed by atoms with Gasteiger partial charge in [0.05, 0.1) is 35.4 Å². The van der Waals surface area contributed by atoms with E-state index in [1.807, 2.05) is 0 Å². The normalized spacial score (nSPS) is 15.2. The lowest BCUT2D eigenvalue weighted by Gasteiger charge is -2.29. The third-order valence-electron chi connectivity index (χ3n) is 5.79. The molecule has 2 aromatic heterocycles. The number of morpholine rings is 1. The molecule has 0 aliphatic carbocycles. The molecule has 1 amide bonds. The Morgan fingerprint density at radius 1 is 1.17 bits per heavy atom. The molecule has 0 spiro atoms. The van der Waals surface area contributed by atoms with Crippen molar-refractivity contribution in [3.8, 4) is 17.6 Å². The zero-order valence-electron chi connectivity index (χ0n) is 19.7. The predicted octanol–water partition coefficient (Wildman–Crippen LogP) is 2.88. The van der Waals surface area contributed by atoms with Gasteiger partial charge in [-0.2, -0.15) is 15.2 Å². The third kappa shape index (κ3) is 4.52. The molecule has 5 rings (SSSR count). The summed E-state index contributed by atoms with van der Waals surface area (Å²) in [7, 11) is 0. The number of carbonyl (C=O) groups is 1. The van der Waals surface area contributed by atoms with Crippen molar-refractivity contribution in [2.24, 2.45) is 5.92 Å². The largest absolute Gasteiger partial charge is 0.485 e. The van der Waals surface area contributed by atoms with Crippen molar-refractivity contribution < 1.29 is 19.0 Å². The van der Waals surface area contributed by atoms with Crippen LogP contribution in [0.15, 0.2) is 18.3 Å². The predicted molar refractivity (Wildman–Crippen MR) is 129 cm³/mol. The van der Waals surface area contributed by atoms with Crippen molar-refractivity contribution in [2.75, 3.05) is 56.7 Å². The molecule has 35 heavy (non-hydrogen) atoms. The van der Waals surface area contributed by atoms with Crippen molar-refractivity contribution in [2.45, 2.75) is 13.8 Å². The standard InChI is InChI=1S/C24H27N7O4/c1-14(2)12-26-21-18-15(11-25)13-27-22(18)30-24(29-21)28-17-4-3-16(19-20(17)35-10-9-34-19)23(32)31-5-7-33-8-6-31/h3-4,13-14H,5-10,12H2,1-2H3,(H3,26,27,28,29,30). The fourth-order valence-electron chi connectivity index (χ4n) is 4.07. The maximum atomic E-state index is 13.1. The number of aromatic nitrogens is 3. The number of fused-ring (bicyclic) bond motifs is 2. The molecule has 0 bridgehead atoms. The van der Waals surface area contributed by atoms with Crippen molar-refractivity contribution in [3.63, 3.8) is 0 Å². The van der Waals surface area contributed by atoms with E-state index in [-0.39, 0.29) is 5.91 Å². The highest BCUT2D eigenvalue weighted by Crippen LogP contribution is 2.42. The van der Waals surface area contributed by atoms with Crippen LogP contribution in [0.4, 0.5) is 17.5 Å². The monoisotopic (exact) mass is 477 g/mol. The molecule has 11 nitrogen and oxygen atoms in total. The Morgan fingerprint density at radius 2 is 1.94 bits per heavy atom. The first-order chi connectivity index (χ1) is 17.0. The van der Waals surface area contributed by atoms with Crippen LogP contribution >= 0.6 is 0 Å². The van der Waals surface area contributed by atoms with Crippen LogP contribution in [0, 0.1) is 17.2 Å². The second kappa shape index (κ2) is 9.68. The number of H-pyrrole nitrogens is 1.